The number of hydrogen-bond donors (Lipinski definition) is 2. The van der Waals surface area contributed by atoms with Crippen molar-refractivity contribution >= 4 is 11.8 Å². The summed E-state index contributed by atoms with van der Waals surface area (Å²) in [4.78, 5) is 8.00. The molecule has 3 rings (SSSR count). The van der Waals surface area contributed by atoms with E-state index in [9.17, 15) is 0 Å². The van der Waals surface area contributed by atoms with Gasteiger partial charge in [-0.3, -0.25) is 0 Å². The lowest BCUT2D eigenvalue weighted by Gasteiger charge is -2.17. The number of nitrogens with zero attached hydrogens (tertiary/aromatic N) is 2. The number of rotatable bonds is 3. The summed E-state index contributed by atoms with van der Waals surface area (Å²) in [6.07, 6.45) is 3.13. The fraction of sp³-hybridized carbons (Fsp3) is 0.375. The van der Waals surface area contributed by atoms with E-state index in [1.54, 1.807) is 13.3 Å². The zero-order valence-corrected chi connectivity index (χ0v) is 13.0. The largest absolute Gasteiger partial charge is 0.493 e. The van der Waals surface area contributed by atoms with Crippen LogP contribution in [0, 0.1) is 0 Å². The molecule has 1 aliphatic heterocycles. The van der Waals surface area contributed by atoms with Gasteiger partial charge in [0, 0.05) is 30.2 Å². The maximum Gasteiger partial charge on any atom is 0.221 e. The zero-order chi connectivity index (χ0) is 15.9. The second kappa shape index (κ2) is 5.05. The molecule has 1 aliphatic rings. The average Bonchev–Trinajstić information content (AvgIpc) is 2.75. The number of anilines is 2. The third kappa shape index (κ3) is 2.64. The summed E-state index contributed by atoms with van der Waals surface area (Å²) in [7, 11) is 1.65. The van der Waals surface area contributed by atoms with Crippen molar-refractivity contribution in [1.29, 1.82) is 0 Å². The van der Waals surface area contributed by atoms with Crippen molar-refractivity contribution in [3.8, 4) is 11.5 Å². The van der Waals surface area contributed by atoms with Crippen LogP contribution in [0.15, 0.2) is 18.3 Å². The fourth-order valence-electron chi connectivity index (χ4n) is 2.79. The first-order valence-corrected chi connectivity index (χ1v) is 7.13. The second-order valence-electron chi connectivity index (χ2n) is 6.14. The number of aromatic nitrogens is 2. The Morgan fingerprint density at radius 1 is 1.32 bits per heavy atom. The third-order valence-electron chi connectivity index (χ3n) is 3.72. The van der Waals surface area contributed by atoms with Crippen LogP contribution in [0.4, 0.5) is 11.8 Å². The SMILES string of the molecule is COc1cc(Cc2cnc(N)nc2N)cc2c1OC(C)(C)C2. The number of hydrogen-bond acceptors (Lipinski definition) is 6. The van der Waals surface area contributed by atoms with Gasteiger partial charge in [0.2, 0.25) is 5.95 Å². The summed E-state index contributed by atoms with van der Waals surface area (Å²) in [5.41, 5.74) is 14.3. The van der Waals surface area contributed by atoms with Gasteiger partial charge in [0.25, 0.3) is 0 Å². The van der Waals surface area contributed by atoms with Crippen LogP contribution in [0.25, 0.3) is 0 Å². The summed E-state index contributed by atoms with van der Waals surface area (Å²) in [5.74, 6) is 2.16. The Labute approximate surface area is 129 Å². The minimum absolute atomic E-state index is 0.183. The summed E-state index contributed by atoms with van der Waals surface area (Å²) < 4.78 is 11.4. The van der Waals surface area contributed by atoms with E-state index in [2.05, 4.69) is 29.9 Å². The predicted molar refractivity (Wildman–Crippen MR) is 85.1 cm³/mol. The second-order valence-corrected chi connectivity index (χ2v) is 6.14. The number of ether oxygens (including phenoxy) is 2. The number of nitrogen functional groups attached to an aromatic ring is 2. The molecule has 116 valence electrons. The molecule has 4 N–H and O–H groups in total. The highest BCUT2D eigenvalue weighted by molar-refractivity contribution is 5.54. The van der Waals surface area contributed by atoms with Crippen molar-refractivity contribution < 1.29 is 9.47 Å². The van der Waals surface area contributed by atoms with Crippen molar-refractivity contribution in [2.24, 2.45) is 0 Å². The summed E-state index contributed by atoms with van der Waals surface area (Å²) in [5, 5.41) is 0. The highest BCUT2D eigenvalue weighted by atomic mass is 16.5. The zero-order valence-electron chi connectivity index (χ0n) is 13.0. The van der Waals surface area contributed by atoms with E-state index >= 15 is 0 Å². The Hall–Kier alpha value is -2.50. The molecule has 6 nitrogen and oxygen atoms in total. The Bertz CT molecular complexity index is 728. The normalized spacial score (nSPS) is 15.2. The molecular formula is C16H20N4O2. The topological polar surface area (TPSA) is 96.3 Å². The van der Waals surface area contributed by atoms with Gasteiger partial charge in [-0.2, -0.15) is 4.98 Å². The fourth-order valence-corrected chi connectivity index (χ4v) is 2.79. The summed E-state index contributed by atoms with van der Waals surface area (Å²) in [6.45, 7) is 4.13. The standard InChI is InChI=1S/C16H20N4O2/c1-16(2)7-10-4-9(6-12(21-3)13(10)22-16)5-11-8-19-15(18)20-14(11)17/h4,6,8H,5,7H2,1-3H3,(H4,17,18,19,20). The molecule has 0 aliphatic carbocycles. The van der Waals surface area contributed by atoms with Crippen LogP contribution in [0.1, 0.15) is 30.5 Å². The molecule has 0 saturated carbocycles. The van der Waals surface area contributed by atoms with Crippen LogP contribution >= 0.6 is 0 Å². The first-order chi connectivity index (χ1) is 10.4. The van der Waals surface area contributed by atoms with Crippen molar-refractivity contribution in [1.82, 2.24) is 9.97 Å². The molecule has 0 bridgehead atoms. The van der Waals surface area contributed by atoms with Gasteiger partial charge < -0.3 is 20.9 Å². The Balaban J connectivity index is 1.96. The average molecular weight is 300 g/mol. The summed E-state index contributed by atoms with van der Waals surface area (Å²) in [6, 6.07) is 4.10. The van der Waals surface area contributed by atoms with Gasteiger partial charge in [-0.25, -0.2) is 4.98 Å². The Morgan fingerprint density at radius 3 is 2.77 bits per heavy atom. The van der Waals surface area contributed by atoms with Crippen LogP contribution in [0.3, 0.4) is 0 Å². The minimum Gasteiger partial charge on any atom is -0.493 e. The van der Waals surface area contributed by atoms with Gasteiger partial charge in [-0.1, -0.05) is 6.07 Å². The molecule has 0 atom stereocenters. The van der Waals surface area contributed by atoms with E-state index in [-0.39, 0.29) is 11.5 Å². The van der Waals surface area contributed by atoms with Gasteiger partial charge in [-0.15, -0.1) is 0 Å². The molecule has 0 amide bonds. The molecule has 0 unspecified atom stereocenters. The Kier molecular flexibility index (Phi) is 3.31. The van der Waals surface area contributed by atoms with Crippen molar-refractivity contribution in [2.75, 3.05) is 18.6 Å². The monoisotopic (exact) mass is 300 g/mol. The molecule has 0 spiro atoms. The molecule has 1 aromatic carbocycles. The Morgan fingerprint density at radius 2 is 2.09 bits per heavy atom. The van der Waals surface area contributed by atoms with E-state index in [0.717, 1.165) is 34.6 Å². The molecule has 0 radical (unpaired) electrons. The van der Waals surface area contributed by atoms with Crippen LogP contribution < -0.4 is 20.9 Å². The maximum absolute atomic E-state index is 5.97. The lowest BCUT2D eigenvalue weighted by Crippen LogP contribution is -2.24. The van der Waals surface area contributed by atoms with Gasteiger partial charge in [-0.05, 0) is 25.5 Å². The molecule has 0 saturated heterocycles. The smallest absolute Gasteiger partial charge is 0.221 e. The highest BCUT2D eigenvalue weighted by Gasteiger charge is 2.32. The lowest BCUT2D eigenvalue weighted by atomic mass is 9.98. The number of methoxy groups -OCH3 is 1. The van der Waals surface area contributed by atoms with Crippen molar-refractivity contribution in [2.45, 2.75) is 32.3 Å². The van der Waals surface area contributed by atoms with Crippen LogP contribution in [0.5, 0.6) is 11.5 Å². The molecular weight excluding hydrogens is 280 g/mol. The van der Waals surface area contributed by atoms with Crippen molar-refractivity contribution in [3.63, 3.8) is 0 Å². The maximum atomic E-state index is 5.97. The minimum atomic E-state index is -0.211. The number of fused-ring (bicyclic) bond motifs is 1. The van der Waals surface area contributed by atoms with E-state index in [4.69, 9.17) is 20.9 Å². The molecule has 1 aromatic heterocycles. The van der Waals surface area contributed by atoms with E-state index in [0.29, 0.717) is 12.2 Å². The van der Waals surface area contributed by atoms with Crippen molar-refractivity contribution in [3.05, 3.63) is 35.0 Å². The molecule has 2 heterocycles. The van der Waals surface area contributed by atoms with Crippen LogP contribution in [-0.2, 0) is 12.8 Å². The highest BCUT2D eigenvalue weighted by Crippen LogP contribution is 2.43. The van der Waals surface area contributed by atoms with E-state index in [1.165, 1.54) is 0 Å². The summed E-state index contributed by atoms with van der Waals surface area (Å²) >= 11 is 0. The van der Waals surface area contributed by atoms with Gasteiger partial charge in [0.15, 0.2) is 11.5 Å². The molecule has 22 heavy (non-hydrogen) atoms. The quantitative estimate of drug-likeness (QED) is 0.899. The first-order valence-electron chi connectivity index (χ1n) is 7.13. The first kappa shape index (κ1) is 14.4. The van der Waals surface area contributed by atoms with Crippen LogP contribution in [-0.4, -0.2) is 22.7 Å². The third-order valence-corrected chi connectivity index (χ3v) is 3.72. The molecule has 6 heteroatoms. The van der Waals surface area contributed by atoms with E-state index in [1.807, 2.05) is 6.07 Å². The van der Waals surface area contributed by atoms with Gasteiger partial charge in [0.1, 0.15) is 11.4 Å². The molecule has 2 aromatic rings. The number of nitrogens with two attached hydrogens (primary N) is 2. The van der Waals surface area contributed by atoms with Crippen LogP contribution in [0.2, 0.25) is 0 Å². The lowest BCUT2D eigenvalue weighted by molar-refractivity contribution is 0.134. The van der Waals surface area contributed by atoms with E-state index < -0.39 is 0 Å². The van der Waals surface area contributed by atoms with Gasteiger partial charge in [0.05, 0.1) is 7.11 Å². The number of benzene rings is 1. The van der Waals surface area contributed by atoms with Gasteiger partial charge >= 0.3 is 0 Å². The molecule has 0 fully saturated rings. The predicted octanol–water partition coefficient (Wildman–Crippen LogP) is 1.95.